The van der Waals surface area contributed by atoms with Gasteiger partial charge in [-0.3, -0.25) is 5.10 Å². The fraction of sp³-hybridized carbons (Fsp3) is 0.222. The molecule has 0 fully saturated rings. The van der Waals surface area contributed by atoms with E-state index in [2.05, 4.69) is 39.1 Å². The monoisotopic (exact) mass is 224 g/mol. The number of nitrogens with one attached hydrogen (secondary N) is 1. The zero-order chi connectivity index (χ0) is 8.55. The van der Waals surface area contributed by atoms with Crippen molar-refractivity contribution in [1.29, 1.82) is 0 Å². The molecule has 0 bridgehead atoms. The molecule has 2 nitrogen and oxygen atoms in total. The Bertz CT molecular complexity index is 406. The first kappa shape index (κ1) is 7.80. The van der Waals surface area contributed by atoms with Gasteiger partial charge in [0.25, 0.3) is 0 Å². The first-order valence-corrected chi connectivity index (χ1v) is 4.73. The Hall–Kier alpha value is -0.830. The third-order valence-electron chi connectivity index (χ3n) is 1.94. The van der Waals surface area contributed by atoms with E-state index in [1.807, 2.05) is 12.1 Å². The van der Waals surface area contributed by atoms with Crippen LogP contribution in [-0.2, 0) is 6.42 Å². The molecule has 2 rings (SSSR count). The Morgan fingerprint density at radius 2 is 2.33 bits per heavy atom. The summed E-state index contributed by atoms with van der Waals surface area (Å²) in [6.07, 6.45) is 0.974. The summed E-state index contributed by atoms with van der Waals surface area (Å²) >= 11 is 3.42. The molecule has 1 N–H and O–H groups in total. The lowest BCUT2D eigenvalue weighted by Gasteiger charge is -1.91. The summed E-state index contributed by atoms with van der Waals surface area (Å²) in [5, 5.41) is 8.43. The molecule has 3 heteroatoms. The largest absolute Gasteiger partial charge is 0.278 e. The number of hydrogen-bond acceptors (Lipinski definition) is 1. The predicted molar refractivity (Wildman–Crippen MR) is 53.2 cm³/mol. The summed E-state index contributed by atoms with van der Waals surface area (Å²) in [7, 11) is 0. The molecule has 0 amide bonds. The van der Waals surface area contributed by atoms with Gasteiger partial charge in [0.15, 0.2) is 0 Å². The number of H-pyrrole nitrogens is 1. The molecule has 0 aliphatic rings. The van der Waals surface area contributed by atoms with Crippen molar-refractivity contribution in [2.75, 3.05) is 0 Å². The molecule has 0 atom stereocenters. The van der Waals surface area contributed by atoms with Crippen LogP contribution in [-0.4, -0.2) is 10.2 Å². The number of fused-ring (bicyclic) bond motifs is 1. The fourth-order valence-electron chi connectivity index (χ4n) is 1.32. The van der Waals surface area contributed by atoms with E-state index in [-0.39, 0.29) is 0 Å². The summed E-state index contributed by atoms with van der Waals surface area (Å²) < 4.78 is 1.08. The van der Waals surface area contributed by atoms with E-state index >= 15 is 0 Å². The Labute approximate surface area is 79.1 Å². The molecule has 12 heavy (non-hydrogen) atoms. The summed E-state index contributed by atoms with van der Waals surface area (Å²) in [6, 6.07) is 6.17. The number of hydrogen-bond donors (Lipinski definition) is 1. The molecule has 0 spiro atoms. The zero-order valence-electron chi connectivity index (χ0n) is 6.76. The Kier molecular flexibility index (Phi) is 1.89. The topological polar surface area (TPSA) is 28.7 Å². The lowest BCUT2D eigenvalue weighted by molar-refractivity contribution is 0.988. The van der Waals surface area contributed by atoms with Gasteiger partial charge in [0.1, 0.15) is 0 Å². The fourth-order valence-corrected chi connectivity index (χ4v) is 1.68. The van der Waals surface area contributed by atoms with Gasteiger partial charge >= 0.3 is 0 Å². The van der Waals surface area contributed by atoms with Gasteiger partial charge < -0.3 is 0 Å². The smallest absolute Gasteiger partial charge is 0.0698 e. The van der Waals surface area contributed by atoms with Crippen molar-refractivity contribution in [2.24, 2.45) is 0 Å². The molecule has 1 aromatic heterocycles. The van der Waals surface area contributed by atoms with Crippen LogP contribution in [0, 0.1) is 0 Å². The second kappa shape index (κ2) is 2.90. The van der Waals surface area contributed by atoms with E-state index in [0.29, 0.717) is 0 Å². The van der Waals surface area contributed by atoms with E-state index in [0.717, 1.165) is 22.1 Å². The standard InChI is InChI=1S/C9H9BrN2/c1-2-8-7-4-3-6(10)5-9(7)12-11-8/h3-5H,2H2,1H3,(H,11,12). The van der Waals surface area contributed by atoms with E-state index < -0.39 is 0 Å². The van der Waals surface area contributed by atoms with E-state index in [1.54, 1.807) is 0 Å². The van der Waals surface area contributed by atoms with Gasteiger partial charge in [0.2, 0.25) is 0 Å². The number of aromatic amines is 1. The molecular formula is C9H9BrN2. The maximum absolute atomic E-state index is 4.21. The van der Waals surface area contributed by atoms with Gasteiger partial charge in [0.05, 0.1) is 11.2 Å². The van der Waals surface area contributed by atoms with Gasteiger partial charge in [-0.1, -0.05) is 22.9 Å². The second-order valence-corrected chi connectivity index (χ2v) is 3.63. The highest BCUT2D eigenvalue weighted by Gasteiger charge is 2.02. The molecule has 0 radical (unpaired) electrons. The van der Waals surface area contributed by atoms with E-state index in [4.69, 9.17) is 0 Å². The molecule has 0 aliphatic heterocycles. The van der Waals surface area contributed by atoms with Gasteiger partial charge in [-0.2, -0.15) is 5.10 Å². The number of nitrogens with zero attached hydrogens (tertiary/aromatic N) is 1. The Morgan fingerprint density at radius 1 is 1.50 bits per heavy atom. The second-order valence-electron chi connectivity index (χ2n) is 2.71. The van der Waals surface area contributed by atoms with Gasteiger partial charge in [-0.15, -0.1) is 0 Å². The molecule has 0 aliphatic carbocycles. The molecule has 1 heterocycles. The van der Waals surface area contributed by atoms with Crippen LogP contribution < -0.4 is 0 Å². The lowest BCUT2D eigenvalue weighted by Crippen LogP contribution is -1.78. The average Bonchev–Trinajstić information content (AvgIpc) is 2.46. The minimum Gasteiger partial charge on any atom is -0.278 e. The van der Waals surface area contributed by atoms with Gasteiger partial charge in [-0.25, -0.2) is 0 Å². The number of rotatable bonds is 1. The number of benzene rings is 1. The quantitative estimate of drug-likeness (QED) is 0.794. The molecule has 62 valence electrons. The van der Waals surface area contributed by atoms with Crippen molar-refractivity contribution in [2.45, 2.75) is 13.3 Å². The van der Waals surface area contributed by atoms with Crippen LogP contribution in [0.3, 0.4) is 0 Å². The molecule has 0 saturated heterocycles. The Balaban J connectivity index is 2.73. The zero-order valence-corrected chi connectivity index (χ0v) is 8.35. The predicted octanol–water partition coefficient (Wildman–Crippen LogP) is 2.89. The molecule has 0 saturated carbocycles. The van der Waals surface area contributed by atoms with Crippen molar-refractivity contribution in [3.05, 3.63) is 28.4 Å². The Morgan fingerprint density at radius 3 is 3.08 bits per heavy atom. The van der Waals surface area contributed by atoms with Crippen molar-refractivity contribution >= 4 is 26.8 Å². The maximum atomic E-state index is 4.21. The normalized spacial score (nSPS) is 10.8. The molecule has 1 aromatic carbocycles. The molecule has 2 aromatic rings. The van der Waals surface area contributed by atoms with E-state index in [1.165, 1.54) is 5.39 Å². The van der Waals surface area contributed by atoms with Crippen LogP contribution in [0.15, 0.2) is 22.7 Å². The summed E-state index contributed by atoms with van der Waals surface area (Å²) in [6.45, 7) is 2.11. The molecule has 0 unspecified atom stereocenters. The first-order chi connectivity index (χ1) is 5.81. The SMILES string of the molecule is CCc1n[nH]c2cc(Br)ccc12. The van der Waals surface area contributed by atoms with Crippen molar-refractivity contribution in [3.8, 4) is 0 Å². The summed E-state index contributed by atoms with van der Waals surface area (Å²) in [5.74, 6) is 0. The maximum Gasteiger partial charge on any atom is 0.0698 e. The average molecular weight is 225 g/mol. The van der Waals surface area contributed by atoms with Crippen LogP contribution in [0.4, 0.5) is 0 Å². The summed E-state index contributed by atoms with van der Waals surface area (Å²) in [5.41, 5.74) is 2.23. The first-order valence-electron chi connectivity index (χ1n) is 3.93. The van der Waals surface area contributed by atoms with Crippen molar-refractivity contribution in [1.82, 2.24) is 10.2 Å². The minimum absolute atomic E-state index is 0.974. The van der Waals surface area contributed by atoms with Gasteiger partial charge in [-0.05, 0) is 24.6 Å². The van der Waals surface area contributed by atoms with Crippen LogP contribution in [0.5, 0.6) is 0 Å². The third-order valence-corrected chi connectivity index (χ3v) is 2.43. The van der Waals surface area contributed by atoms with Crippen LogP contribution in [0.25, 0.3) is 10.9 Å². The van der Waals surface area contributed by atoms with Crippen LogP contribution in [0.1, 0.15) is 12.6 Å². The van der Waals surface area contributed by atoms with Crippen molar-refractivity contribution in [3.63, 3.8) is 0 Å². The van der Waals surface area contributed by atoms with Crippen molar-refractivity contribution < 1.29 is 0 Å². The summed E-state index contributed by atoms with van der Waals surface area (Å²) in [4.78, 5) is 0. The minimum atomic E-state index is 0.974. The number of aryl methyl sites for hydroxylation is 1. The van der Waals surface area contributed by atoms with E-state index in [9.17, 15) is 0 Å². The lowest BCUT2D eigenvalue weighted by atomic mass is 10.2. The number of aromatic nitrogens is 2. The van der Waals surface area contributed by atoms with Crippen LogP contribution >= 0.6 is 15.9 Å². The highest BCUT2D eigenvalue weighted by molar-refractivity contribution is 9.10. The van der Waals surface area contributed by atoms with Crippen LogP contribution in [0.2, 0.25) is 0 Å². The highest BCUT2D eigenvalue weighted by atomic mass is 79.9. The van der Waals surface area contributed by atoms with Gasteiger partial charge in [0, 0.05) is 9.86 Å². The molecular weight excluding hydrogens is 216 g/mol. The third kappa shape index (κ3) is 1.14. The number of halogens is 1. The highest BCUT2D eigenvalue weighted by Crippen LogP contribution is 2.20.